The highest BCUT2D eigenvalue weighted by Crippen LogP contribution is 2.02. The number of amides is 2. The molecule has 1 heterocycles. The van der Waals surface area contributed by atoms with Gasteiger partial charge in [0.2, 0.25) is 0 Å². The van der Waals surface area contributed by atoms with Crippen LogP contribution in [0, 0.1) is 6.92 Å². The number of aromatic nitrogens is 1. The average Bonchev–Trinajstić information content (AvgIpc) is 2.26. The Bertz CT molecular complexity index is 420. The Labute approximate surface area is 99.3 Å². The van der Waals surface area contributed by atoms with Crippen molar-refractivity contribution in [1.29, 1.82) is 0 Å². The first-order valence-corrected chi connectivity index (χ1v) is 5.12. The number of rotatable bonds is 4. The van der Waals surface area contributed by atoms with Gasteiger partial charge in [0.1, 0.15) is 6.54 Å². The summed E-state index contributed by atoms with van der Waals surface area (Å²) in [6, 6.07) is 3.28. The van der Waals surface area contributed by atoms with E-state index in [2.05, 4.69) is 10.3 Å². The minimum atomic E-state index is -1.04. The van der Waals surface area contributed by atoms with Crippen LogP contribution in [-0.2, 0) is 11.3 Å². The fourth-order valence-corrected chi connectivity index (χ4v) is 1.27. The summed E-state index contributed by atoms with van der Waals surface area (Å²) in [4.78, 5) is 27.1. The van der Waals surface area contributed by atoms with Crippen molar-refractivity contribution in [2.45, 2.75) is 13.5 Å². The quantitative estimate of drug-likeness (QED) is 0.804. The lowest BCUT2D eigenvalue weighted by Gasteiger charge is -2.15. The van der Waals surface area contributed by atoms with Crippen LogP contribution in [0.3, 0.4) is 0 Å². The number of aliphatic carboxylic acids is 1. The summed E-state index contributed by atoms with van der Waals surface area (Å²) in [5.74, 6) is -1.04. The maximum Gasteiger partial charge on any atom is 0.323 e. The molecular formula is C11H15N3O3. The maximum absolute atomic E-state index is 11.5. The van der Waals surface area contributed by atoms with Gasteiger partial charge in [-0.25, -0.2) is 4.79 Å². The SMILES string of the molecule is Cc1cccnc1CNC(=O)N(C)CC(=O)O. The van der Waals surface area contributed by atoms with Gasteiger partial charge in [-0.15, -0.1) is 0 Å². The van der Waals surface area contributed by atoms with Crippen molar-refractivity contribution >= 4 is 12.0 Å². The van der Waals surface area contributed by atoms with Crippen molar-refractivity contribution in [3.05, 3.63) is 29.6 Å². The van der Waals surface area contributed by atoms with E-state index < -0.39 is 12.0 Å². The van der Waals surface area contributed by atoms with Gasteiger partial charge in [0.15, 0.2) is 0 Å². The fourth-order valence-electron chi connectivity index (χ4n) is 1.27. The first-order valence-electron chi connectivity index (χ1n) is 5.12. The largest absolute Gasteiger partial charge is 0.480 e. The van der Waals surface area contributed by atoms with Gasteiger partial charge in [-0.2, -0.15) is 0 Å². The number of hydrogen-bond donors (Lipinski definition) is 2. The number of aryl methyl sites for hydroxylation is 1. The minimum Gasteiger partial charge on any atom is -0.480 e. The lowest BCUT2D eigenvalue weighted by molar-refractivity contribution is -0.137. The molecule has 6 heteroatoms. The highest BCUT2D eigenvalue weighted by molar-refractivity contribution is 5.79. The molecule has 1 aromatic heterocycles. The third kappa shape index (κ3) is 4.10. The number of urea groups is 1. The molecule has 0 saturated carbocycles. The number of nitrogens with one attached hydrogen (secondary N) is 1. The smallest absolute Gasteiger partial charge is 0.323 e. The van der Waals surface area contributed by atoms with Crippen molar-refractivity contribution in [2.75, 3.05) is 13.6 Å². The van der Waals surface area contributed by atoms with Crippen molar-refractivity contribution < 1.29 is 14.7 Å². The summed E-state index contributed by atoms with van der Waals surface area (Å²) >= 11 is 0. The molecule has 0 radical (unpaired) electrons. The van der Waals surface area contributed by atoms with Crippen molar-refractivity contribution in [3.8, 4) is 0 Å². The van der Waals surface area contributed by atoms with Crippen LogP contribution in [0.4, 0.5) is 4.79 Å². The summed E-state index contributed by atoms with van der Waals surface area (Å²) in [5.41, 5.74) is 1.75. The van der Waals surface area contributed by atoms with E-state index in [9.17, 15) is 9.59 Å². The lowest BCUT2D eigenvalue weighted by atomic mass is 10.2. The number of likely N-dealkylation sites (N-methyl/N-ethyl adjacent to an activating group) is 1. The Balaban J connectivity index is 2.48. The number of pyridine rings is 1. The van der Waals surface area contributed by atoms with Gasteiger partial charge in [0, 0.05) is 13.2 Å². The van der Waals surface area contributed by atoms with Gasteiger partial charge in [-0.1, -0.05) is 6.07 Å². The van der Waals surface area contributed by atoms with E-state index in [1.165, 1.54) is 7.05 Å². The van der Waals surface area contributed by atoms with E-state index in [4.69, 9.17) is 5.11 Å². The molecule has 0 aromatic carbocycles. The molecule has 0 bridgehead atoms. The van der Waals surface area contributed by atoms with Crippen molar-refractivity contribution in [2.24, 2.45) is 0 Å². The van der Waals surface area contributed by atoms with Crippen LogP contribution in [0.2, 0.25) is 0 Å². The molecule has 0 saturated heterocycles. The molecule has 17 heavy (non-hydrogen) atoms. The summed E-state index contributed by atoms with van der Waals surface area (Å²) in [6.07, 6.45) is 1.65. The molecular weight excluding hydrogens is 222 g/mol. The Morgan fingerprint density at radius 1 is 1.53 bits per heavy atom. The summed E-state index contributed by atoms with van der Waals surface area (Å²) in [5, 5.41) is 11.1. The van der Waals surface area contributed by atoms with Crippen LogP contribution in [0.25, 0.3) is 0 Å². The van der Waals surface area contributed by atoms with E-state index in [0.29, 0.717) is 0 Å². The zero-order chi connectivity index (χ0) is 12.8. The third-order valence-electron chi connectivity index (χ3n) is 2.24. The Morgan fingerprint density at radius 2 is 2.24 bits per heavy atom. The van der Waals surface area contributed by atoms with E-state index in [1.807, 2.05) is 19.1 Å². The summed E-state index contributed by atoms with van der Waals surface area (Å²) in [7, 11) is 1.43. The van der Waals surface area contributed by atoms with E-state index in [0.717, 1.165) is 16.2 Å². The van der Waals surface area contributed by atoms with Gasteiger partial charge >= 0.3 is 12.0 Å². The predicted molar refractivity (Wildman–Crippen MR) is 61.5 cm³/mol. The van der Waals surface area contributed by atoms with Gasteiger partial charge in [0.05, 0.1) is 12.2 Å². The molecule has 1 rings (SSSR count). The monoisotopic (exact) mass is 237 g/mol. The lowest BCUT2D eigenvalue weighted by Crippen LogP contribution is -2.39. The normalized spacial score (nSPS) is 9.76. The molecule has 92 valence electrons. The first kappa shape index (κ1) is 13.0. The molecule has 6 nitrogen and oxygen atoms in total. The first-order chi connectivity index (χ1) is 8.00. The zero-order valence-corrected chi connectivity index (χ0v) is 9.80. The average molecular weight is 237 g/mol. The highest BCUT2D eigenvalue weighted by atomic mass is 16.4. The molecule has 0 aliphatic rings. The van der Waals surface area contributed by atoms with E-state index in [-0.39, 0.29) is 13.1 Å². The van der Waals surface area contributed by atoms with Gasteiger partial charge in [0.25, 0.3) is 0 Å². The topological polar surface area (TPSA) is 82.5 Å². The number of hydrogen-bond acceptors (Lipinski definition) is 3. The summed E-state index contributed by atoms with van der Waals surface area (Å²) in [6.45, 7) is 1.86. The number of carboxylic acid groups (broad SMARTS) is 1. The minimum absolute atomic E-state index is 0.287. The molecule has 2 N–H and O–H groups in total. The van der Waals surface area contributed by atoms with Crippen LogP contribution in [0.1, 0.15) is 11.3 Å². The molecule has 0 aliphatic carbocycles. The Hall–Kier alpha value is -2.11. The number of carbonyl (C=O) groups excluding carboxylic acids is 1. The van der Waals surface area contributed by atoms with Crippen LogP contribution in [0.5, 0.6) is 0 Å². The highest BCUT2D eigenvalue weighted by Gasteiger charge is 2.11. The number of carbonyl (C=O) groups is 2. The Kier molecular flexibility index (Phi) is 4.45. The molecule has 1 aromatic rings. The molecule has 2 amide bonds. The number of nitrogens with zero attached hydrogens (tertiary/aromatic N) is 2. The van der Waals surface area contributed by atoms with Gasteiger partial charge in [-0.3, -0.25) is 9.78 Å². The number of carboxylic acids is 1. The maximum atomic E-state index is 11.5. The second-order valence-electron chi connectivity index (χ2n) is 3.68. The second kappa shape index (κ2) is 5.83. The van der Waals surface area contributed by atoms with Crippen LogP contribution < -0.4 is 5.32 Å². The third-order valence-corrected chi connectivity index (χ3v) is 2.24. The molecule has 0 atom stereocenters. The summed E-state index contributed by atoms with van der Waals surface area (Å²) < 4.78 is 0. The molecule has 0 aliphatic heterocycles. The zero-order valence-electron chi connectivity index (χ0n) is 9.80. The van der Waals surface area contributed by atoms with E-state index >= 15 is 0 Å². The van der Waals surface area contributed by atoms with E-state index in [1.54, 1.807) is 6.20 Å². The van der Waals surface area contributed by atoms with Crippen LogP contribution in [-0.4, -0.2) is 40.6 Å². The van der Waals surface area contributed by atoms with Crippen LogP contribution in [0.15, 0.2) is 18.3 Å². The second-order valence-corrected chi connectivity index (χ2v) is 3.68. The van der Waals surface area contributed by atoms with Crippen molar-refractivity contribution in [3.63, 3.8) is 0 Å². The molecule has 0 fully saturated rings. The predicted octanol–water partition coefficient (Wildman–Crippen LogP) is 0.616. The molecule has 0 spiro atoms. The van der Waals surface area contributed by atoms with Gasteiger partial charge < -0.3 is 15.3 Å². The van der Waals surface area contributed by atoms with Gasteiger partial charge in [-0.05, 0) is 18.6 Å². The standard InChI is InChI=1S/C11H15N3O3/c1-8-4-3-5-12-9(8)6-13-11(17)14(2)7-10(15)16/h3-5H,6-7H2,1-2H3,(H,13,17)(H,15,16). The fraction of sp³-hybridized carbons (Fsp3) is 0.364. The van der Waals surface area contributed by atoms with Crippen molar-refractivity contribution in [1.82, 2.24) is 15.2 Å². The Morgan fingerprint density at radius 3 is 2.82 bits per heavy atom. The van der Waals surface area contributed by atoms with Crippen LogP contribution >= 0.6 is 0 Å². The molecule has 0 unspecified atom stereocenters.